The summed E-state index contributed by atoms with van der Waals surface area (Å²) in [6.45, 7) is 8.89. The smallest absolute Gasteiger partial charge is 0.146 e. The first kappa shape index (κ1) is 18.6. The lowest BCUT2D eigenvalue weighted by Gasteiger charge is -2.32. The molecule has 2 aliphatic heterocycles. The number of rotatable bonds is 5. The molecule has 0 amide bonds. The Balaban J connectivity index is 1.41. The van der Waals surface area contributed by atoms with Crippen molar-refractivity contribution in [2.75, 3.05) is 26.2 Å². The first-order valence-corrected chi connectivity index (χ1v) is 10.6. The highest BCUT2D eigenvalue weighted by atomic mass is 15.3. The number of nitrogens with zero attached hydrogens (tertiary/aromatic N) is 5. The van der Waals surface area contributed by atoms with Crippen molar-refractivity contribution in [3.05, 3.63) is 47.0 Å². The van der Waals surface area contributed by atoms with Gasteiger partial charge in [-0.2, -0.15) is 0 Å². The van der Waals surface area contributed by atoms with E-state index in [1.165, 1.54) is 68.7 Å². The van der Waals surface area contributed by atoms with Gasteiger partial charge in [0.1, 0.15) is 11.6 Å². The van der Waals surface area contributed by atoms with Crippen LogP contribution in [-0.4, -0.2) is 50.7 Å². The van der Waals surface area contributed by atoms with Crippen molar-refractivity contribution >= 4 is 0 Å². The van der Waals surface area contributed by atoms with Gasteiger partial charge in [0.25, 0.3) is 0 Å². The van der Waals surface area contributed by atoms with E-state index < -0.39 is 0 Å². The third-order valence-corrected chi connectivity index (χ3v) is 6.34. The third kappa shape index (κ3) is 4.41. The summed E-state index contributed by atoms with van der Waals surface area (Å²) in [5.41, 5.74) is 2.84. The minimum absolute atomic E-state index is 0.496. The summed E-state index contributed by atoms with van der Waals surface area (Å²) in [4.78, 5) is 5.12. The van der Waals surface area contributed by atoms with E-state index in [1.54, 1.807) is 0 Å². The normalized spacial score (nSPS) is 22.2. The molecule has 0 spiro atoms. The third-order valence-electron chi connectivity index (χ3n) is 6.34. The SMILES string of the molecule is Cc1ccccc1CN1CCCC(c2nnc(CN3CCCCC3)n2C)C1. The minimum Gasteiger partial charge on any atom is -0.317 e. The summed E-state index contributed by atoms with van der Waals surface area (Å²) in [6, 6.07) is 8.75. The predicted octanol–water partition coefficient (Wildman–Crippen LogP) is 3.49. The van der Waals surface area contributed by atoms with Gasteiger partial charge in [-0.15, -0.1) is 10.2 Å². The van der Waals surface area contributed by atoms with Crippen LogP contribution in [0.15, 0.2) is 24.3 Å². The molecule has 2 aromatic rings. The molecule has 1 atom stereocenters. The molecule has 27 heavy (non-hydrogen) atoms. The lowest BCUT2D eigenvalue weighted by Crippen LogP contribution is -2.35. The van der Waals surface area contributed by atoms with E-state index in [4.69, 9.17) is 0 Å². The molecule has 2 aliphatic rings. The molecule has 0 radical (unpaired) electrons. The zero-order chi connectivity index (χ0) is 18.6. The Labute approximate surface area is 163 Å². The molecule has 4 rings (SSSR count). The summed E-state index contributed by atoms with van der Waals surface area (Å²) in [6.07, 6.45) is 6.48. The van der Waals surface area contributed by atoms with Gasteiger partial charge in [-0.3, -0.25) is 9.80 Å². The Hall–Kier alpha value is -1.72. The fourth-order valence-electron chi connectivity index (χ4n) is 4.62. The van der Waals surface area contributed by atoms with Gasteiger partial charge in [-0.1, -0.05) is 30.7 Å². The van der Waals surface area contributed by atoms with Crippen LogP contribution in [0.2, 0.25) is 0 Å². The highest BCUT2D eigenvalue weighted by Crippen LogP contribution is 2.27. The average molecular weight is 368 g/mol. The molecular formula is C22H33N5. The quantitative estimate of drug-likeness (QED) is 0.811. The summed E-state index contributed by atoms with van der Waals surface area (Å²) < 4.78 is 2.27. The zero-order valence-corrected chi connectivity index (χ0v) is 16.9. The standard InChI is InChI=1S/C22H33N5/c1-18-9-4-5-10-19(18)15-27-14-8-11-20(16-27)22-24-23-21(25(22)2)17-26-12-6-3-7-13-26/h4-5,9-10,20H,3,6-8,11-17H2,1-2H3. The van der Waals surface area contributed by atoms with Crippen LogP contribution in [-0.2, 0) is 20.1 Å². The van der Waals surface area contributed by atoms with Crippen LogP contribution in [0, 0.1) is 6.92 Å². The number of piperidine rings is 2. The van der Waals surface area contributed by atoms with Gasteiger partial charge >= 0.3 is 0 Å². The molecule has 5 heteroatoms. The summed E-state index contributed by atoms with van der Waals surface area (Å²) >= 11 is 0. The second-order valence-corrected chi connectivity index (χ2v) is 8.37. The monoisotopic (exact) mass is 367 g/mol. The molecule has 0 N–H and O–H groups in total. The summed E-state index contributed by atoms with van der Waals surface area (Å²) in [5.74, 6) is 2.80. The summed E-state index contributed by atoms with van der Waals surface area (Å²) in [5, 5.41) is 9.18. The number of aryl methyl sites for hydroxylation is 1. The van der Waals surface area contributed by atoms with Crippen molar-refractivity contribution in [3.8, 4) is 0 Å². The molecule has 1 unspecified atom stereocenters. The minimum atomic E-state index is 0.496. The Morgan fingerprint density at radius 1 is 0.926 bits per heavy atom. The van der Waals surface area contributed by atoms with Gasteiger partial charge in [-0.05, 0) is 63.4 Å². The molecule has 2 saturated heterocycles. The second kappa shape index (κ2) is 8.53. The number of benzene rings is 1. The number of hydrogen-bond donors (Lipinski definition) is 0. The Morgan fingerprint density at radius 3 is 2.52 bits per heavy atom. The summed E-state index contributed by atoms with van der Waals surface area (Å²) in [7, 11) is 2.16. The number of aromatic nitrogens is 3. The largest absolute Gasteiger partial charge is 0.317 e. The highest BCUT2D eigenvalue weighted by molar-refractivity contribution is 5.25. The molecule has 5 nitrogen and oxygen atoms in total. The molecule has 3 heterocycles. The van der Waals surface area contributed by atoms with E-state index in [0.29, 0.717) is 5.92 Å². The lowest BCUT2D eigenvalue weighted by molar-refractivity contribution is 0.193. The average Bonchev–Trinajstić information content (AvgIpc) is 3.05. The topological polar surface area (TPSA) is 37.2 Å². The molecule has 0 saturated carbocycles. The number of hydrogen-bond acceptors (Lipinski definition) is 4. The van der Waals surface area contributed by atoms with Gasteiger partial charge in [0.2, 0.25) is 0 Å². The fraction of sp³-hybridized carbons (Fsp3) is 0.636. The van der Waals surface area contributed by atoms with E-state index in [1.807, 2.05) is 0 Å². The van der Waals surface area contributed by atoms with Crippen LogP contribution in [0.1, 0.15) is 60.8 Å². The van der Waals surface area contributed by atoms with E-state index in [2.05, 4.69) is 62.8 Å². The van der Waals surface area contributed by atoms with Crippen molar-refractivity contribution in [1.82, 2.24) is 24.6 Å². The van der Waals surface area contributed by atoms with E-state index in [9.17, 15) is 0 Å². The van der Waals surface area contributed by atoms with E-state index in [-0.39, 0.29) is 0 Å². The predicted molar refractivity (Wildman–Crippen MR) is 109 cm³/mol. The maximum absolute atomic E-state index is 4.62. The van der Waals surface area contributed by atoms with Gasteiger partial charge in [0, 0.05) is 26.1 Å². The van der Waals surface area contributed by atoms with Gasteiger partial charge < -0.3 is 4.57 Å². The lowest BCUT2D eigenvalue weighted by atomic mass is 9.96. The van der Waals surface area contributed by atoms with Crippen molar-refractivity contribution in [2.24, 2.45) is 7.05 Å². The highest BCUT2D eigenvalue weighted by Gasteiger charge is 2.26. The Bertz CT molecular complexity index is 747. The Morgan fingerprint density at radius 2 is 1.70 bits per heavy atom. The van der Waals surface area contributed by atoms with Crippen LogP contribution in [0.5, 0.6) is 0 Å². The molecule has 0 bridgehead atoms. The van der Waals surface area contributed by atoms with Gasteiger partial charge in [0.15, 0.2) is 0 Å². The first-order valence-electron chi connectivity index (χ1n) is 10.6. The molecule has 146 valence electrons. The molecular weight excluding hydrogens is 334 g/mol. The second-order valence-electron chi connectivity index (χ2n) is 8.37. The first-order chi connectivity index (χ1) is 13.2. The van der Waals surface area contributed by atoms with Gasteiger partial charge in [-0.25, -0.2) is 0 Å². The maximum atomic E-state index is 4.62. The fourth-order valence-corrected chi connectivity index (χ4v) is 4.62. The van der Waals surface area contributed by atoms with Crippen LogP contribution in [0.4, 0.5) is 0 Å². The van der Waals surface area contributed by atoms with Crippen LogP contribution < -0.4 is 0 Å². The van der Waals surface area contributed by atoms with Crippen molar-refractivity contribution in [3.63, 3.8) is 0 Å². The van der Waals surface area contributed by atoms with Crippen LogP contribution in [0.3, 0.4) is 0 Å². The molecule has 0 aliphatic carbocycles. The van der Waals surface area contributed by atoms with Crippen LogP contribution >= 0.6 is 0 Å². The Kier molecular flexibility index (Phi) is 5.89. The molecule has 2 fully saturated rings. The van der Waals surface area contributed by atoms with E-state index in [0.717, 1.165) is 25.5 Å². The molecule has 1 aromatic carbocycles. The van der Waals surface area contributed by atoms with Crippen molar-refractivity contribution in [1.29, 1.82) is 0 Å². The maximum Gasteiger partial charge on any atom is 0.146 e. The van der Waals surface area contributed by atoms with Gasteiger partial charge in [0.05, 0.1) is 6.54 Å². The van der Waals surface area contributed by atoms with Crippen LogP contribution in [0.25, 0.3) is 0 Å². The van der Waals surface area contributed by atoms with Crippen molar-refractivity contribution < 1.29 is 0 Å². The van der Waals surface area contributed by atoms with Crippen molar-refractivity contribution in [2.45, 2.75) is 58.0 Å². The van der Waals surface area contributed by atoms with E-state index >= 15 is 0 Å². The zero-order valence-electron chi connectivity index (χ0n) is 16.9. The number of likely N-dealkylation sites (tertiary alicyclic amines) is 2. The molecule has 1 aromatic heterocycles.